The Morgan fingerprint density at radius 2 is 1.84 bits per heavy atom. The highest BCUT2D eigenvalue weighted by Crippen LogP contribution is 2.22. The van der Waals surface area contributed by atoms with Gasteiger partial charge in [0, 0.05) is 25.2 Å². The summed E-state index contributed by atoms with van der Waals surface area (Å²) >= 11 is 0. The van der Waals surface area contributed by atoms with Crippen LogP contribution in [0.1, 0.15) is 48.9 Å². The smallest absolute Gasteiger partial charge is 0.283 e. The van der Waals surface area contributed by atoms with Crippen LogP contribution in [0.3, 0.4) is 0 Å². The molecule has 0 unspecified atom stereocenters. The Kier molecular flexibility index (Phi) is 6.71. The zero-order chi connectivity index (χ0) is 22.6. The zero-order valence-corrected chi connectivity index (χ0v) is 18.8. The minimum atomic E-state index is -3.54. The first-order chi connectivity index (χ1) is 15.5. The molecule has 170 valence electrons. The topological polar surface area (TPSA) is 110 Å². The van der Waals surface area contributed by atoms with Gasteiger partial charge >= 0.3 is 0 Å². The number of carbonyl (C=O) groups excluding carboxylic acids is 1. The van der Waals surface area contributed by atoms with E-state index in [1.54, 1.807) is 29.2 Å². The molecule has 0 N–H and O–H groups in total. The Bertz CT molecular complexity index is 1130. The number of carbonyl (C=O) groups is 1. The van der Waals surface area contributed by atoms with Crippen LogP contribution in [0.2, 0.25) is 0 Å². The lowest BCUT2D eigenvalue weighted by atomic mass is 10.2. The quantitative estimate of drug-likeness (QED) is 0.508. The van der Waals surface area contributed by atoms with Gasteiger partial charge in [0.05, 0.1) is 17.7 Å². The van der Waals surface area contributed by atoms with Crippen molar-refractivity contribution in [2.75, 3.05) is 19.6 Å². The summed E-state index contributed by atoms with van der Waals surface area (Å²) in [6, 6.07) is 9.56. The summed E-state index contributed by atoms with van der Waals surface area (Å²) in [7, 11) is -3.54. The molecule has 0 saturated carbocycles. The van der Waals surface area contributed by atoms with Crippen molar-refractivity contribution in [3.8, 4) is 11.7 Å². The average Bonchev–Trinajstić information content (AvgIpc) is 3.51. The third-order valence-corrected chi connectivity index (χ3v) is 7.27. The molecule has 3 heterocycles. The summed E-state index contributed by atoms with van der Waals surface area (Å²) in [6.07, 6.45) is 5.06. The van der Waals surface area contributed by atoms with Gasteiger partial charge in [0.25, 0.3) is 11.8 Å². The molecule has 2 aromatic heterocycles. The van der Waals surface area contributed by atoms with Gasteiger partial charge in [-0.25, -0.2) is 8.42 Å². The zero-order valence-electron chi connectivity index (χ0n) is 17.9. The summed E-state index contributed by atoms with van der Waals surface area (Å²) in [5.41, 5.74) is 0.404. The van der Waals surface area contributed by atoms with Gasteiger partial charge in [0.1, 0.15) is 0 Å². The molecule has 1 aliphatic rings. The van der Waals surface area contributed by atoms with Crippen LogP contribution in [-0.4, -0.2) is 53.4 Å². The molecule has 3 aromatic rings. The molecule has 1 aliphatic heterocycles. The molecule has 1 aromatic carbocycles. The van der Waals surface area contributed by atoms with Gasteiger partial charge in [-0.15, -0.1) is 10.2 Å². The standard InChI is InChI=1S/C22H26N4O5S/c1-2-12-25(16-20-23-24-21(31-20)19-7-6-15-30-19)22(27)17-8-10-18(11-9-17)32(28,29)26-13-4-3-5-14-26/h6-11,15H,2-5,12-14,16H2,1H3. The van der Waals surface area contributed by atoms with Gasteiger partial charge < -0.3 is 13.7 Å². The number of sulfonamides is 1. The SMILES string of the molecule is CCCN(Cc1nnc(-c2ccco2)o1)C(=O)c1ccc(S(=O)(=O)N2CCCCC2)cc1. The number of aromatic nitrogens is 2. The van der Waals surface area contributed by atoms with Crippen LogP contribution < -0.4 is 0 Å². The summed E-state index contributed by atoms with van der Waals surface area (Å²) in [6.45, 7) is 3.69. The van der Waals surface area contributed by atoms with Crippen LogP contribution in [0.4, 0.5) is 0 Å². The number of benzene rings is 1. The van der Waals surface area contributed by atoms with E-state index in [0.29, 0.717) is 36.8 Å². The maximum atomic E-state index is 13.1. The van der Waals surface area contributed by atoms with Crippen molar-refractivity contribution < 1.29 is 22.0 Å². The number of hydrogen-bond acceptors (Lipinski definition) is 7. The number of furan rings is 1. The highest BCUT2D eigenvalue weighted by atomic mass is 32.2. The fraction of sp³-hybridized carbons (Fsp3) is 0.409. The molecule has 0 bridgehead atoms. The number of nitrogens with zero attached hydrogens (tertiary/aromatic N) is 4. The molecule has 1 saturated heterocycles. The normalized spacial score (nSPS) is 15.0. The van der Waals surface area contributed by atoms with E-state index in [0.717, 1.165) is 25.7 Å². The number of amides is 1. The fourth-order valence-corrected chi connectivity index (χ4v) is 5.23. The van der Waals surface area contributed by atoms with Crippen molar-refractivity contribution in [3.05, 3.63) is 54.1 Å². The molecule has 32 heavy (non-hydrogen) atoms. The maximum absolute atomic E-state index is 13.1. The van der Waals surface area contributed by atoms with Gasteiger partial charge in [-0.3, -0.25) is 4.79 Å². The minimum Gasteiger partial charge on any atom is -0.459 e. The molecule has 1 amide bonds. The Morgan fingerprint density at radius 3 is 2.50 bits per heavy atom. The first-order valence-electron chi connectivity index (χ1n) is 10.7. The Hall–Kier alpha value is -2.98. The van der Waals surface area contributed by atoms with E-state index in [-0.39, 0.29) is 23.2 Å². The second kappa shape index (κ2) is 9.66. The monoisotopic (exact) mass is 458 g/mol. The molecule has 0 aliphatic carbocycles. The van der Waals surface area contributed by atoms with Crippen LogP contribution in [-0.2, 0) is 16.6 Å². The van der Waals surface area contributed by atoms with Crippen molar-refractivity contribution >= 4 is 15.9 Å². The summed E-state index contributed by atoms with van der Waals surface area (Å²) in [5.74, 6) is 0.776. The first kappa shape index (κ1) is 22.2. The van der Waals surface area contributed by atoms with Gasteiger partial charge in [0.2, 0.25) is 15.9 Å². The van der Waals surface area contributed by atoms with Crippen molar-refractivity contribution in [1.82, 2.24) is 19.4 Å². The number of hydrogen-bond donors (Lipinski definition) is 0. The average molecular weight is 459 g/mol. The molecule has 9 nitrogen and oxygen atoms in total. The summed E-state index contributed by atoms with van der Waals surface area (Å²) in [4.78, 5) is 14.9. The van der Waals surface area contributed by atoms with Gasteiger partial charge in [-0.1, -0.05) is 13.3 Å². The second-order valence-electron chi connectivity index (χ2n) is 7.69. The largest absolute Gasteiger partial charge is 0.459 e. The molecule has 10 heteroatoms. The van der Waals surface area contributed by atoms with E-state index >= 15 is 0 Å². The summed E-state index contributed by atoms with van der Waals surface area (Å²) < 4.78 is 38.1. The van der Waals surface area contributed by atoms with E-state index in [9.17, 15) is 13.2 Å². The van der Waals surface area contributed by atoms with Crippen molar-refractivity contribution in [2.45, 2.75) is 44.0 Å². The summed E-state index contributed by atoms with van der Waals surface area (Å²) in [5, 5.41) is 7.98. The number of piperidine rings is 1. The maximum Gasteiger partial charge on any atom is 0.283 e. The van der Waals surface area contributed by atoms with E-state index in [1.165, 1.54) is 22.7 Å². The predicted molar refractivity (Wildman–Crippen MR) is 116 cm³/mol. The highest BCUT2D eigenvalue weighted by Gasteiger charge is 2.26. The van der Waals surface area contributed by atoms with Crippen molar-refractivity contribution in [1.29, 1.82) is 0 Å². The molecule has 0 spiro atoms. The fourth-order valence-electron chi connectivity index (χ4n) is 3.71. The Balaban J connectivity index is 1.48. The van der Waals surface area contributed by atoms with Crippen LogP contribution in [0.5, 0.6) is 0 Å². The second-order valence-corrected chi connectivity index (χ2v) is 9.63. The molecule has 4 rings (SSSR count). The first-order valence-corrected chi connectivity index (χ1v) is 12.2. The highest BCUT2D eigenvalue weighted by molar-refractivity contribution is 7.89. The van der Waals surface area contributed by atoms with E-state index < -0.39 is 10.0 Å². The molecular weight excluding hydrogens is 432 g/mol. The van der Waals surface area contributed by atoms with Crippen LogP contribution in [0, 0.1) is 0 Å². The van der Waals surface area contributed by atoms with Crippen LogP contribution in [0.25, 0.3) is 11.7 Å². The van der Waals surface area contributed by atoms with Crippen LogP contribution >= 0.6 is 0 Å². The Morgan fingerprint density at radius 1 is 1.09 bits per heavy atom. The molecule has 0 radical (unpaired) electrons. The van der Waals surface area contributed by atoms with Gasteiger partial charge in [-0.2, -0.15) is 4.31 Å². The van der Waals surface area contributed by atoms with Crippen molar-refractivity contribution in [3.63, 3.8) is 0 Å². The minimum absolute atomic E-state index is 0.147. The third kappa shape index (κ3) is 4.76. The van der Waals surface area contributed by atoms with Crippen LogP contribution in [0.15, 0.2) is 56.4 Å². The third-order valence-electron chi connectivity index (χ3n) is 5.36. The van der Waals surface area contributed by atoms with Crippen molar-refractivity contribution in [2.24, 2.45) is 0 Å². The number of rotatable bonds is 8. The molecule has 1 fully saturated rings. The van der Waals surface area contributed by atoms with E-state index in [4.69, 9.17) is 8.83 Å². The predicted octanol–water partition coefficient (Wildman–Crippen LogP) is 3.56. The Labute approximate surface area is 187 Å². The van der Waals surface area contributed by atoms with Gasteiger partial charge in [-0.05, 0) is 55.7 Å². The van der Waals surface area contributed by atoms with Gasteiger partial charge in [0.15, 0.2) is 5.76 Å². The van der Waals surface area contributed by atoms with E-state index in [2.05, 4.69) is 10.2 Å². The lowest BCUT2D eigenvalue weighted by Crippen LogP contribution is -2.35. The molecule has 0 atom stereocenters. The lowest BCUT2D eigenvalue weighted by Gasteiger charge is -2.26. The molecular formula is C22H26N4O5S. The lowest BCUT2D eigenvalue weighted by molar-refractivity contribution is 0.0728. The van der Waals surface area contributed by atoms with E-state index in [1.807, 2.05) is 6.92 Å².